The van der Waals surface area contributed by atoms with E-state index in [1.54, 1.807) is 48.5 Å². The number of carbonyl (C=O) groups is 1. The van der Waals surface area contributed by atoms with Gasteiger partial charge in [0.25, 0.3) is 5.91 Å². The van der Waals surface area contributed by atoms with Gasteiger partial charge in [0.15, 0.2) is 9.84 Å². The van der Waals surface area contributed by atoms with E-state index >= 15 is 0 Å². The number of nitrogens with zero attached hydrogens (tertiary/aromatic N) is 1. The van der Waals surface area contributed by atoms with Crippen molar-refractivity contribution >= 4 is 15.7 Å². The lowest BCUT2D eigenvalue weighted by Gasteiger charge is -2.17. The second-order valence-corrected chi connectivity index (χ2v) is 10.7. The molecule has 172 valence electrons. The summed E-state index contributed by atoms with van der Waals surface area (Å²) in [5, 5.41) is 3.00. The largest absolute Gasteiger partial charge is 0.348 e. The van der Waals surface area contributed by atoms with Gasteiger partial charge in [-0.15, -0.1) is 0 Å². The highest BCUT2D eigenvalue weighted by atomic mass is 32.2. The van der Waals surface area contributed by atoms with Gasteiger partial charge in [-0.25, -0.2) is 8.42 Å². The summed E-state index contributed by atoms with van der Waals surface area (Å²) in [6, 6.07) is 21.9. The summed E-state index contributed by atoms with van der Waals surface area (Å²) < 4.78 is 25.3. The first-order valence-corrected chi connectivity index (χ1v) is 13.0. The Kier molecular flexibility index (Phi) is 7.26. The molecular weight excluding hydrogens is 432 g/mol. The smallest absolute Gasteiger partial charge is 0.251 e. The fraction of sp³-hybridized carbons (Fsp3) is 0.296. The maximum atomic E-state index is 12.7. The summed E-state index contributed by atoms with van der Waals surface area (Å²) in [5.74, 6) is -0.263. The van der Waals surface area contributed by atoms with Crippen molar-refractivity contribution < 1.29 is 13.2 Å². The Morgan fingerprint density at radius 1 is 0.879 bits per heavy atom. The number of carbonyl (C=O) groups excluding carboxylic acids is 1. The number of nitrogens with one attached hydrogen (secondary N) is 1. The maximum Gasteiger partial charge on any atom is 0.251 e. The minimum absolute atomic E-state index is 0.0954. The number of hydrogen-bond acceptors (Lipinski definition) is 4. The molecule has 1 heterocycles. The molecule has 3 aromatic rings. The van der Waals surface area contributed by atoms with Crippen LogP contribution in [-0.4, -0.2) is 32.3 Å². The minimum Gasteiger partial charge on any atom is -0.348 e. The van der Waals surface area contributed by atoms with Gasteiger partial charge in [-0.3, -0.25) is 9.69 Å². The maximum absolute atomic E-state index is 12.7. The molecule has 1 fully saturated rings. The summed E-state index contributed by atoms with van der Waals surface area (Å²) >= 11 is 0. The quantitative estimate of drug-likeness (QED) is 0.536. The third kappa shape index (κ3) is 6.09. The Labute approximate surface area is 196 Å². The monoisotopic (exact) mass is 462 g/mol. The lowest BCUT2D eigenvalue weighted by Crippen LogP contribution is -2.25. The minimum atomic E-state index is -3.43. The normalized spacial score (nSPS) is 14.3. The Balaban J connectivity index is 1.37. The molecular formula is C27H30N2O3S. The average molecular weight is 463 g/mol. The van der Waals surface area contributed by atoms with Crippen LogP contribution in [0.2, 0.25) is 0 Å². The third-order valence-corrected chi connectivity index (χ3v) is 7.81. The summed E-state index contributed by atoms with van der Waals surface area (Å²) in [6.45, 7) is 5.56. The van der Waals surface area contributed by atoms with Gasteiger partial charge in [0, 0.05) is 18.7 Å². The van der Waals surface area contributed by atoms with Gasteiger partial charge >= 0.3 is 0 Å². The molecule has 0 saturated carbocycles. The first-order chi connectivity index (χ1) is 15.9. The number of amides is 1. The first-order valence-electron chi connectivity index (χ1n) is 11.4. The molecule has 1 aliphatic heterocycles. The Morgan fingerprint density at radius 3 is 2.18 bits per heavy atom. The van der Waals surface area contributed by atoms with Gasteiger partial charge in [0.05, 0.1) is 10.6 Å². The standard InChI is InChI=1S/C27H30N2O3S/c1-21-8-14-26(15-9-21)33(31,32)20-22-10-12-23(13-11-22)27(30)28-18-24-6-2-3-7-25(24)19-29-16-4-5-17-29/h2-3,6-15H,4-5,16-20H2,1H3,(H,28,30). The van der Waals surface area contributed by atoms with Crippen molar-refractivity contribution in [3.8, 4) is 0 Å². The van der Waals surface area contributed by atoms with Crippen molar-refractivity contribution in [2.24, 2.45) is 0 Å². The molecule has 1 saturated heterocycles. The van der Waals surface area contributed by atoms with Crippen LogP contribution in [0.1, 0.15) is 45.5 Å². The fourth-order valence-corrected chi connectivity index (χ4v) is 5.49. The predicted molar refractivity (Wildman–Crippen MR) is 131 cm³/mol. The topological polar surface area (TPSA) is 66.5 Å². The van der Waals surface area contributed by atoms with Gasteiger partial charge in [0.1, 0.15) is 0 Å². The first kappa shape index (κ1) is 23.2. The molecule has 0 aromatic heterocycles. The van der Waals surface area contributed by atoms with Crippen molar-refractivity contribution in [1.29, 1.82) is 0 Å². The van der Waals surface area contributed by atoms with Crippen molar-refractivity contribution in [3.05, 3.63) is 101 Å². The SMILES string of the molecule is Cc1ccc(S(=O)(=O)Cc2ccc(C(=O)NCc3ccccc3CN3CCCC3)cc2)cc1. The molecule has 0 radical (unpaired) electrons. The second kappa shape index (κ2) is 10.3. The molecule has 0 unspecified atom stereocenters. The van der Waals surface area contributed by atoms with Crippen LogP contribution in [0.3, 0.4) is 0 Å². The van der Waals surface area contributed by atoms with E-state index in [1.807, 2.05) is 19.1 Å². The predicted octanol–water partition coefficient (Wildman–Crippen LogP) is 4.49. The van der Waals surface area contributed by atoms with Crippen molar-refractivity contribution in [3.63, 3.8) is 0 Å². The summed E-state index contributed by atoms with van der Waals surface area (Å²) in [6.07, 6.45) is 2.50. The van der Waals surface area contributed by atoms with Crippen LogP contribution in [0.15, 0.2) is 77.7 Å². The number of likely N-dealkylation sites (tertiary alicyclic amines) is 1. The molecule has 0 bridgehead atoms. The zero-order chi connectivity index (χ0) is 23.3. The second-order valence-electron chi connectivity index (χ2n) is 8.70. The number of hydrogen-bond donors (Lipinski definition) is 1. The van der Waals surface area contributed by atoms with E-state index in [4.69, 9.17) is 0 Å². The van der Waals surface area contributed by atoms with Gasteiger partial charge in [-0.05, 0) is 73.8 Å². The Bertz CT molecular complexity index is 1200. The van der Waals surface area contributed by atoms with Gasteiger partial charge in [-0.1, -0.05) is 54.1 Å². The van der Waals surface area contributed by atoms with Crippen LogP contribution in [0.25, 0.3) is 0 Å². The summed E-state index contributed by atoms with van der Waals surface area (Å²) in [5.41, 5.74) is 4.56. The third-order valence-electron chi connectivity index (χ3n) is 6.10. The average Bonchev–Trinajstić information content (AvgIpc) is 3.32. The number of sulfone groups is 1. The van der Waals surface area contributed by atoms with Crippen LogP contribution in [0.5, 0.6) is 0 Å². The van der Waals surface area contributed by atoms with E-state index in [1.165, 1.54) is 18.4 Å². The van der Waals surface area contributed by atoms with Gasteiger partial charge < -0.3 is 5.32 Å². The molecule has 1 N–H and O–H groups in total. The van der Waals surface area contributed by atoms with E-state index in [0.717, 1.165) is 30.8 Å². The highest BCUT2D eigenvalue weighted by Crippen LogP contribution is 2.19. The van der Waals surface area contributed by atoms with E-state index in [0.29, 0.717) is 22.6 Å². The van der Waals surface area contributed by atoms with Crippen LogP contribution in [-0.2, 0) is 28.7 Å². The summed E-state index contributed by atoms with van der Waals surface area (Å²) in [7, 11) is -3.43. The molecule has 0 atom stereocenters. The summed E-state index contributed by atoms with van der Waals surface area (Å²) in [4.78, 5) is 15.4. The highest BCUT2D eigenvalue weighted by molar-refractivity contribution is 7.90. The number of benzene rings is 3. The number of aryl methyl sites for hydroxylation is 1. The Hall–Kier alpha value is -2.96. The Morgan fingerprint density at radius 2 is 1.52 bits per heavy atom. The van der Waals surface area contributed by atoms with Gasteiger partial charge in [0.2, 0.25) is 0 Å². The van der Waals surface area contributed by atoms with Crippen molar-refractivity contribution in [2.75, 3.05) is 13.1 Å². The van der Waals surface area contributed by atoms with Crippen LogP contribution in [0, 0.1) is 6.92 Å². The molecule has 33 heavy (non-hydrogen) atoms. The molecule has 6 heteroatoms. The number of rotatable bonds is 8. The van der Waals surface area contributed by atoms with Gasteiger partial charge in [-0.2, -0.15) is 0 Å². The van der Waals surface area contributed by atoms with Crippen LogP contribution in [0.4, 0.5) is 0 Å². The van der Waals surface area contributed by atoms with Crippen LogP contribution < -0.4 is 5.32 Å². The molecule has 0 spiro atoms. The zero-order valence-corrected chi connectivity index (χ0v) is 19.8. The van der Waals surface area contributed by atoms with E-state index in [9.17, 15) is 13.2 Å². The van der Waals surface area contributed by atoms with Crippen molar-refractivity contribution in [1.82, 2.24) is 10.2 Å². The fourth-order valence-electron chi connectivity index (χ4n) is 4.14. The molecule has 0 aliphatic carbocycles. The zero-order valence-electron chi connectivity index (χ0n) is 19.0. The van der Waals surface area contributed by atoms with Crippen molar-refractivity contribution in [2.45, 2.75) is 43.5 Å². The molecule has 1 amide bonds. The molecule has 1 aliphatic rings. The molecule has 3 aromatic carbocycles. The highest BCUT2D eigenvalue weighted by Gasteiger charge is 2.16. The van der Waals surface area contributed by atoms with E-state index < -0.39 is 9.84 Å². The van der Waals surface area contributed by atoms with E-state index in [-0.39, 0.29) is 11.7 Å². The molecule has 4 rings (SSSR count). The van der Waals surface area contributed by atoms with E-state index in [2.05, 4.69) is 22.3 Å². The lowest BCUT2D eigenvalue weighted by molar-refractivity contribution is 0.0950. The van der Waals surface area contributed by atoms with Crippen LogP contribution >= 0.6 is 0 Å². The molecule has 5 nitrogen and oxygen atoms in total. The lowest BCUT2D eigenvalue weighted by atomic mass is 10.1.